The van der Waals surface area contributed by atoms with E-state index in [0.717, 1.165) is 6.07 Å². The van der Waals surface area contributed by atoms with Gasteiger partial charge >= 0.3 is 6.18 Å². The molecule has 0 aliphatic carbocycles. The molecule has 0 aliphatic heterocycles. The monoisotopic (exact) mass is 265 g/mol. The van der Waals surface area contributed by atoms with E-state index in [1.54, 1.807) is 0 Å². The number of nitrogens with one attached hydrogen (secondary N) is 1. The Balaban J connectivity index is 2.43. The van der Waals surface area contributed by atoms with Crippen LogP contribution >= 0.6 is 0 Å². The van der Waals surface area contributed by atoms with Crippen molar-refractivity contribution in [1.29, 1.82) is 0 Å². The van der Waals surface area contributed by atoms with Crippen molar-refractivity contribution in [3.05, 3.63) is 35.6 Å². The van der Waals surface area contributed by atoms with Crippen molar-refractivity contribution in [3.8, 4) is 0 Å². The van der Waals surface area contributed by atoms with Crippen molar-refractivity contribution < 1.29 is 27.5 Å². The molecular weight excluding hydrogens is 254 g/mol. The molecule has 0 spiro atoms. The van der Waals surface area contributed by atoms with Crippen molar-refractivity contribution in [3.63, 3.8) is 0 Å². The van der Waals surface area contributed by atoms with Gasteiger partial charge < -0.3 is 10.4 Å². The Morgan fingerprint density at radius 3 is 2.61 bits per heavy atom. The average Bonchev–Trinajstić information content (AvgIpc) is 2.24. The average molecular weight is 265 g/mol. The van der Waals surface area contributed by atoms with Gasteiger partial charge in [0, 0.05) is 0 Å². The molecule has 0 saturated heterocycles. The van der Waals surface area contributed by atoms with E-state index >= 15 is 0 Å². The molecule has 0 saturated carbocycles. The minimum absolute atomic E-state index is 0.248. The molecule has 0 fully saturated rings. The minimum Gasteiger partial charge on any atom is -0.382 e. The van der Waals surface area contributed by atoms with Crippen LogP contribution in [0.3, 0.4) is 0 Å². The first-order valence-corrected chi connectivity index (χ1v) is 5.05. The van der Waals surface area contributed by atoms with E-state index < -0.39 is 30.5 Å². The Morgan fingerprint density at radius 2 is 2.06 bits per heavy atom. The fourth-order valence-corrected chi connectivity index (χ4v) is 1.22. The maximum absolute atomic E-state index is 12.8. The van der Waals surface area contributed by atoms with E-state index in [1.807, 2.05) is 5.32 Å². The Morgan fingerprint density at radius 1 is 1.39 bits per heavy atom. The lowest BCUT2D eigenvalue weighted by atomic mass is 10.1. The molecule has 0 heterocycles. The van der Waals surface area contributed by atoms with E-state index in [1.165, 1.54) is 18.2 Å². The SMILES string of the molecule is O=C(Cc1cccc(F)c1)NCC(O)C(F)(F)F. The molecular formula is C11H11F4NO2. The second kappa shape index (κ2) is 5.81. The molecule has 0 aliphatic rings. The fourth-order valence-electron chi connectivity index (χ4n) is 1.22. The molecule has 0 bridgehead atoms. The maximum atomic E-state index is 12.8. The Labute approximate surface area is 100 Å². The second-order valence-electron chi connectivity index (χ2n) is 3.67. The van der Waals surface area contributed by atoms with E-state index in [-0.39, 0.29) is 6.42 Å². The first-order valence-electron chi connectivity index (χ1n) is 5.05. The maximum Gasteiger partial charge on any atom is 0.416 e. The fraction of sp³-hybridized carbons (Fsp3) is 0.364. The Bertz CT molecular complexity index is 420. The van der Waals surface area contributed by atoms with Crippen molar-refractivity contribution in [2.45, 2.75) is 18.7 Å². The quantitative estimate of drug-likeness (QED) is 0.809. The largest absolute Gasteiger partial charge is 0.416 e. The van der Waals surface area contributed by atoms with Crippen LogP contribution < -0.4 is 5.32 Å². The lowest BCUT2D eigenvalue weighted by molar-refractivity contribution is -0.201. The number of carbonyl (C=O) groups excluding carboxylic acids is 1. The molecule has 1 unspecified atom stereocenters. The summed E-state index contributed by atoms with van der Waals surface area (Å²) in [5, 5.41) is 10.6. The number of benzene rings is 1. The van der Waals surface area contributed by atoms with Crippen LogP contribution in [-0.4, -0.2) is 29.8 Å². The normalized spacial score (nSPS) is 13.2. The summed E-state index contributed by atoms with van der Waals surface area (Å²) in [6.45, 7) is -0.919. The van der Waals surface area contributed by atoms with Gasteiger partial charge in [0.2, 0.25) is 5.91 Å². The zero-order valence-corrected chi connectivity index (χ0v) is 9.17. The number of carbonyl (C=O) groups is 1. The molecule has 3 nitrogen and oxygen atoms in total. The van der Waals surface area contributed by atoms with Crippen molar-refractivity contribution >= 4 is 5.91 Å². The van der Waals surface area contributed by atoms with Gasteiger partial charge in [0.1, 0.15) is 5.82 Å². The lowest BCUT2D eigenvalue weighted by Crippen LogP contribution is -2.41. The highest BCUT2D eigenvalue weighted by Gasteiger charge is 2.38. The van der Waals surface area contributed by atoms with E-state index in [2.05, 4.69) is 0 Å². The molecule has 1 atom stereocenters. The van der Waals surface area contributed by atoms with Crippen molar-refractivity contribution in [2.75, 3.05) is 6.54 Å². The Kier molecular flexibility index (Phi) is 4.66. The number of alkyl halides is 3. The highest BCUT2D eigenvalue weighted by atomic mass is 19.4. The predicted molar refractivity (Wildman–Crippen MR) is 55.2 cm³/mol. The number of hydrogen-bond acceptors (Lipinski definition) is 2. The van der Waals surface area contributed by atoms with E-state index in [9.17, 15) is 22.4 Å². The van der Waals surface area contributed by atoms with Gasteiger partial charge in [-0.05, 0) is 17.7 Å². The standard InChI is InChI=1S/C11H11F4NO2/c12-8-3-1-2-7(4-8)5-10(18)16-6-9(17)11(13,14)15/h1-4,9,17H,5-6H2,(H,16,18). The molecule has 0 radical (unpaired) electrons. The number of amides is 1. The molecule has 1 aromatic rings. The summed E-state index contributed by atoms with van der Waals surface area (Å²) < 4.78 is 48.6. The lowest BCUT2D eigenvalue weighted by Gasteiger charge is -2.14. The number of rotatable bonds is 4. The molecule has 1 amide bonds. The first kappa shape index (κ1) is 14.4. The third-order valence-corrected chi connectivity index (χ3v) is 2.12. The van der Waals surface area contributed by atoms with Crippen LogP contribution in [0.4, 0.5) is 17.6 Å². The van der Waals surface area contributed by atoms with Crippen LogP contribution in [0.25, 0.3) is 0 Å². The third-order valence-electron chi connectivity index (χ3n) is 2.12. The summed E-state index contributed by atoms with van der Waals surface area (Å²) in [5.41, 5.74) is 0.342. The van der Waals surface area contributed by atoms with E-state index in [4.69, 9.17) is 5.11 Å². The van der Waals surface area contributed by atoms with Crippen LogP contribution in [0.15, 0.2) is 24.3 Å². The van der Waals surface area contributed by atoms with Gasteiger partial charge in [-0.1, -0.05) is 12.1 Å². The molecule has 1 rings (SSSR count). The zero-order valence-electron chi connectivity index (χ0n) is 9.17. The van der Waals surface area contributed by atoms with Crippen molar-refractivity contribution in [1.82, 2.24) is 5.32 Å². The van der Waals surface area contributed by atoms with Crippen LogP contribution in [0.1, 0.15) is 5.56 Å². The van der Waals surface area contributed by atoms with Crippen LogP contribution in [0, 0.1) is 5.82 Å². The summed E-state index contributed by atoms with van der Waals surface area (Å²) in [4.78, 5) is 11.2. The molecule has 7 heteroatoms. The third kappa shape index (κ3) is 4.70. The van der Waals surface area contributed by atoms with Gasteiger partial charge in [0.05, 0.1) is 13.0 Å². The van der Waals surface area contributed by atoms with Crippen LogP contribution in [-0.2, 0) is 11.2 Å². The number of hydrogen-bond donors (Lipinski definition) is 2. The van der Waals surface area contributed by atoms with Gasteiger partial charge in [-0.15, -0.1) is 0 Å². The minimum atomic E-state index is -4.77. The highest BCUT2D eigenvalue weighted by Crippen LogP contribution is 2.19. The second-order valence-corrected chi connectivity index (χ2v) is 3.67. The summed E-state index contributed by atoms with van der Waals surface area (Å²) in [7, 11) is 0. The Hall–Kier alpha value is -1.63. The first-order chi connectivity index (χ1) is 8.29. The molecule has 18 heavy (non-hydrogen) atoms. The van der Waals surface area contributed by atoms with Gasteiger partial charge in [-0.2, -0.15) is 13.2 Å². The topological polar surface area (TPSA) is 49.3 Å². The molecule has 1 aromatic carbocycles. The number of aliphatic hydroxyl groups is 1. The smallest absolute Gasteiger partial charge is 0.382 e. The highest BCUT2D eigenvalue weighted by molar-refractivity contribution is 5.78. The van der Waals surface area contributed by atoms with Gasteiger partial charge in [-0.3, -0.25) is 4.79 Å². The van der Waals surface area contributed by atoms with Gasteiger partial charge in [0.15, 0.2) is 6.10 Å². The van der Waals surface area contributed by atoms with Crippen LogP contribution in [0.2, 0.25) is 0 Å². The van der Waals surface area contributed by atoms with E-state index in [0.29, 0.717) is 5.56 Å². The summed E-state index contributed by atoms with van der Waals surface area (Å²) in [6.07, 6.45) is -7.62. The number of aliphatic hydroxyl groups excluding tert-OH is 1. The molecule has 0 aromatic heterocycles. The zero-order chi connectivity index (χ0) is 13.8. The number of halogens is 4. The van der Waals surface area contributed by atoms with Crippen LogP contribution in [0.5, 0.6) is 0 Å². The van der Waals surface area contributed by atoms with Gasteiger partial charge in [-0.25, -0.2) is 4.39 Å². The molecule has 2 N–H and O–H groups in total. The summed E-state index contributed by atoms with van der Waals surface area (Å²) >= 11 is 0. The van der Waals surface area contributed by atoms with Gasteiger partial charge in [0.25, 0.3) is 0 Å². The predicted octanol–water partition coefficient (Wildman–Crippen LogP) is 1.41. The summed E-state index contributed by atoms with van der Waals surface area (Å²) in [6, 6.07) is 5.17. The van der Waals surface area contributed by atoms with Crippen molar-refractivity contribution in [2.24, 2.45) is 0 Å². The summed E-state index contributed by atoms with van der Waals surface area (Å²) in [5.74, 6) is -1.25. The molecule has 100 valence electrons.